The SMILES string of the molecule is CCNC(C)CC(=O)Nc1ccc(C)c2ncccc12. The number of amides is 1. The molecule has 0 fully saturated rings. The quantitative estimate of drug-likeness (QED) is 0.879. The van der Waals surface area contributed by atoms with Crippen molar-refractivity contribution in [3.05, 3.63) is 36.0 Å². The Kier molecular flexibility index (Phi) is 4.69. The fraction of sp³-hybridized carbons (Fsp3) is 0.375. The number of benzene rings is 1. The van der Waals surface area contributed by atoms with E-state index in [2.05, 4.69) is 15.6 Å². The predicted octanol–water partition coefficient (Wildman–Crippen LogP) is 2.87. The van der Waals surface area contributed by atoms with Gasteiger partial charge in [-0.15, -0.1) is 0 Å². The highest BCUT2D eigenvalue weighted by Crippen LogP contribution is 2.24. The molecule has 4 heteroatoms. The zero-order valence-electron chi connectivity index (χ0n) is 12.2. The molecule has 0 bridgehead atoms. The lowest BCUT2D eigenvalue weighted by molar-refractivity contribution is -0.116. The minimum atomic E-state index is 0.0208. The van der Waals surface area contributed by atoms with Crippen LogP contribution >= 0.6 is 0 Å². The van der Waals surface area contributed by atoms with Crippen molar-refractivity contribution in [1.82, 2.24) is 10.3 Å². The topological polar surface area (TPSA) is 54.0 Å². The van der Waals surface area contributed by atoms with Gasteiger partial charge in [0.15, 0.2) is 0 Å². The molecule has 2 aromatic rings. The summed E-state index contributed by atoms with van der Waals surface area (Å²) in [5.74, 6) is 0.0208. The lowest BCUT2D eigenvalue weighted by Gasteiger charge is -2.13. The van der Waals surface area contributed by atoms with Crippen LogP contribution in [0.4, 0.5) is 5.69 Å². The lowest BCUT2D eigenvalue weighted by atomic mass is 10.1. The molecule has 1 unspecified atom stereocenters. The first-order chi connectivity index (χ1) is 9.61. The highest BCUT2D eigenvalue weighted by molar-refractivity contribution is 6.01. The summed E-state index contributed by atoms with van der Waals surface area (Å²) in [7, 11) is 0. The number of fused-ring (bicyclic) bond motifs is 1. The molecule has 1 aromatic heterocycles. The van der Waals surface area contributed by atoms with Crippen LogP contribution in [-0.2, 0) is 4.79 Å². The standard InChI is InChI=1S/C16H21N3O/c1-4-17-12(3)10-15(20)19-14-8-7-11(2)16-13(14)6-5-9-18-16/h5-9,12,17H,4,10H2,1-3H3,(H,19,20). The van der Waals surface area contributed by atoms with Crippen LogP contribution in [0.5, 0.6) is 0 Å². The van der Waals surface area contributed by atoms with E-state index in [4.69, 9.17) is 0 Å². The maximum Gasteiger partial charge on any atom is 0.225 e. The molecule has 0 spiro atoms. The average molecular weight is 271 g/mol. The molecule has 2 N–H and O–H groups in total. The second-order valence-corrected chi connectivity index (χ2v) is 5.04. The molecule has 0 aliphatic rings. The zero-order valence-corrected chi connectivity index (χ0v) is 12.2. The summed E-state index contributed by atoms with van der Waals surface area (Å²) in [6.07, 6.45) is 2.23. The molecule has 0 saturated heterocycles. The Hall–Kier alpha value is -1.94. The molecular weight excluding hydrogens is 250 g/mol. The number of aryl methyl sites for hydroxylation is 1. The molecule has 0 aliphatic carbocycles. The van der Waals surface area contributed by atoms with Gasteiger partial charge in [-0.3, -0.25) is 9.78 Å². The van der Waals surface area contributed by atoms with Crippen LogP contribution in [0.3, 0.4) is 0 Å². The van der Waals surface area contributed by atoms with E-state index in [1.54, 1.807) is 6.20 Å². The number of nitrogens with zero attached hydrogens (tertiary/aromatic N) is 1. The van der Waals surface area contributed by atoms with Gasteiger partial charge in [-0.1, -0.05) is 13.0 Å². The van der Waals surface area contributed by atoms with Gasteiger partial charge in [0.25, 0.3) is 0 Å². The van der Waals surface area contributed by atoms with Gasteiger partial charge in [0.05, 0.1) is 11.2 Å². The second kappa shape index (κ2) is 6.48. The monoisotopic (exact) mass is 271 g/mol. The first-order valence-electron chi connectivity index (χ1n) is 6.99. The number of aromatic nitrogens is 1. The Balaban J connectivity index is 2.18. The van der Waals surface area contributed by atoms with E-state index in [1.807, 2.05) is 45.0 Å². The highest BCUT2D eigenvalue weighted by Gasteiger charge is 2.10. The van der Waals surface area contributed by atoms with E-state index < -0.39 is 0 Å². The van der Waals surface area contributed by atoms with Crippen molar-refractivity contribution in [1.29, 1.82) is 0 Å². The molecule has 0 saturated carbocycles. The summed E-state index contributed by atoms with van der Waals surface area (Å²) in [6, 6.07) is 7.97. The first-order valence-corrected chi connectivity index (χ1v) is 6.99. The summed E-state index contributed by atoms with van der Waals surface area (Å²) < 4.78 is 0. The number of carbonyl (C=O) groups excluding carboxylic acids is 1. The van der Waals surface area contributed by atoms with Gasteiger partial charge >= 0.3 is 0 Å². The van der Waals surface area contributed by atoms with E-state index in [0.29, 0.717) is 6.42 Å². The van der Waals surface area contributed by atoms with Gasteiger partial charge in [0, 0.05) is 24.0 Å². The van der Waals surface area contributed by atoms with Gasteiger partial charge in [-0.2, -0.15) is 0 Å². The first kappa shape index (κ1) is 14.5. The van der Waals surface area contributed by atoms with Crippen LogP contribution < -0.4 is 10.6 Å². The Bertz CT molecular complexity index is 610. The van der Waals surface area contributed by atoms with Gasteiger partial charge < -0.3 is 10.6 Å². The Morgan fingerprint density at radius 1 is 1.35 bits per heavy atom. The van der Waals surface area contributed by atoms with E-state index in [0.717, 1.165) is 28.7 Å². The van der Waals surface area contributed by atoms with Crippen molar-refractivity contribution in [3.63, 3.8) is 0 Å². The lowest BCUT2D eigenvalue weighted by Crippen LogP contribution is -2.30. The fourth-order valence-corrected chi connectivity index (χ4v) is 2.32. The largest absolute Gasteiger partial charge is 0.325 e. The number of pyridine rings is 1. The number of hydrogen-bond donors (Lipinski definition) is 2. The van der Waals surface area contributed by atoms with Crippen LogP contribution in [-0.4, -0.2) is 23.5 Å². The van der Waals surface area contributed by atoms with Crippen molar-refractivity contribution in [3.8, 4) is 0 Å². The third-order valence-electron chi connectivity index (χ3n) is 3.29. The van der Waals surface area contributed by atoms with Gasteiger partial charge in [-0.05, 0) is 44.2 Å². The molecule has 1 aromatic carbocycles. The van der Waals surface area contributed by atoms with E-state index in [9.17, 15) is 4.79 Å². The summed E-state index contributed by atoms with van der Waals surface area (Å²) in [5, 5.41) is 7.20. The molecule has 0 radical (unpaired) electrons. The molecule has 106 valence electrons. The molecular formula is C16H21N3O. The summed E-state index contributed by atoms with van der Waals surface area (Å²) in [5.41, 5.74) is 2.87. The molecule has 1 atom stereocenters. The van der Waals surface area contributed by atoms with Gasteiger partial charge in [-0.25, -0.2) is 0 Å². The van der Waals surface area contributed by atoms with E-state index in [-0.39, 0.29) is 11.9 Å². The number of nitrogens with one attached hydrogen (secondary N) is 2. The summed E-state index contributed by atoms with van der Waals surface area (Å²) >= 11 is 0. The minimum Gasteiger partial charge on any atom is -0.325 e. The van der Waals surface area contributed by atoms with Crippen LogP contribution in [0.25, 0.3) is 10.9 Å². The van der Waals surface area contributed by atoms with Crippen molar-refractivity contribution in [2.45, 2.75) is 33.2 Å². The normalized spacial score (nSPS) is 12.3. The van der Waals surface area contributed by atoms with Gasteiger partial charge in [0.2, 0.25) is 5.91 Å². The van der Waals surface area contributed by atoms with Crippen molar-refractivity contribution < 1.29 is 4.79 Å². The highest BCUT2D eigenvalue weighted by atomic mass is 16.1. The number of anilines is 1. The summed E-state index contributed by atoms with van der Waals surface area (Å²) in [6.45, 7) is 6.94. The van der Waals surface area contributed by atoms with Crippen molar-refractivity contribution in [2.75, 3.05) is 11.9 Å². The number of rotatable bonds is 5. The molecule has 4 nitrogen and oxygen atoms in total. The number of carbonyl (C=O) groups is 1. The van der Waals surface area contributed by atoms with Crippen LogP contribution in [0.2, 0.25) is 0 Å². The maximum atomic E-state index is 12.1. The molecule has 1 heterocycles. The van der Waals surface area contributed by atoms with Crippen molar-refractivity contribution in [2.24, 2.45) is 0 Å². The third kappa shape index (κ3) is 3.33. The second-order valence-electron chi connectivity index (χ2n) is 5.04. The average Bonchev–Trinajstić information content (AvgIpc) is 2.42. The Morgan fingerprint density at radius 3 is 2.90 bits per heavy atom. The van der Waals surface area contributed by atoms with Gasteiger partial charge in [0.1, 0.15) is 0 Å². The van der Waals surface area contributed by atoms with Crippen molar-refractivity contribution >= 4 is 22.5 Å². The maximum absolute atomic E-state index is 12.1. The molecule has 0 aliphatic heterocycles. The zero-order chi connectivity index (χ0) is 14.5. The van der Waals surface area contributed by atoms with Crippen LogP contribution in [0, 0.1) is 6.92 Å². The summed E-state index contributed by atoms with van der Waals surface area (Å²) in [4.78, 5) is 16.4. The number of hydrogen-bond acceptors (Lipinski definition) is 3. The molecule has 20 heavy (non-hydrogen) atoms. The smallest absolute Gasteiger partial charge is 0.225 e. The fourth-order valence-electron chi connectivity index (χ4n) is 2.32. The van der Waals surface area contributed by atoms with E-state index in [1.165, 1.54) is 0 Å². The third-order valence-corrected chi connectivity index (χ3v) is 3.29. The Labute approximate surface area is 119 Å². The molecule has 1 amide bonds. The predicted molar refractivity (Wildman–Crippen MR) is 82.9 cm³/mol. The molecule has 2 rings (SSSR count). The van der Waals surface area contributed by atoms with Crippen LogP contribution in [0.15, 0.2) is 30.5 Å². The van der Waals surface area contributed by atoms with Crippen LogP contribution in [0.1, 0.15) is 25.8 Å². The Morgan fingerprint density at radius 2 is 2.15 bits per heavy atom. The van der Waals surface area contributed by atoms with E-state index >= 15 is 0 Å². The minimum absolute atomic E-state index is 0.0208.